The Balaban J connectivity index is 2.51. The van der Waals surface area contributed by atoms with Gasteiger partial charge in [-0.05, 0) is 19.1 Å². The van der Waals surface area contributed by atoms with Gasteiger partial charge in [0, 0.05) is 6.20 Å². The smallest absolute Gasteiger partial charge is 0.137 e. The molecule has 0 radical (unpaired) electrons. The molecule has 66 valence electrons. The van der Waals surface area contributed by atoms with Crippen molar-refractivity contribution in [2.75, 3.05) is 0 Å². The lowest BCUT2D eigenvalue weighted by Crippen LogP contribution is -2.01. The normalized spacial score (nSPS) is 10.5. The van der Waals surface area contributed by atoms with E-state index >= 15 is 0 Å². The number of pyridine rings is 1. The summed E-state index contributed by atoms with van der Waals surface area (Å²) in [6, 6.07) is 5.85. The van der Waals surface area contributed by atoms with Gasteiger partial charge < -0.3 is 4.40 Å². The number of Topliss-reactive ketones (excluding diaryl/α,β-unsaturated/α-hetero) is 1. The third kappa shape index (κ3) is 1.45. The zero-order chi connectivity index (χ0) is 9.26. The zero-order valence-electron chi connectivity index (χ0n) is 7.40. The van der Waals surface area contributed by atoms with Gasteiger partial charge in [-0.15, -0.1) is 0 Å². The number of rotatable bonds is 2. The van der Waals surface area contributed by atoms with Gasteiger partial charge in [0.15, 0.2) is 0 Å². The van der Waals surface area contributed by atoms with Gasteiger partial charge in [-0.3, -0.25) is 4.79 Å². The number of carbonyl (C=O) groups is 1. The number of carbonyl (C=O) groups excluding carboxylic acids is 1. The molecular formula is C10H10N2O. The molecule has 2 heterocycles. The van der Waals surface area contributed by atoms with Crippen molar-refractivity contribution >= 4 is 11.3 Å². The van der Waals surface area contributed by atoms with Crippen LogP contribution in [0.3, 0.4) is 0 Å². The minimum Gasteiger partial charge on any atom is -0.303 e. The standard InChI is InChI=1S/C10H10N2O/c1-8(13)6-10-11-7-9-4-2-3-5-12(9)10/h2-5,7H,6H2,1H3. The average Bonchev–Trinajstić information content (AvgIpc) is 2.48. The lowest BCUT2D eigenvalue weighted by molar-refractivity contribution is -0.116. The molecule has 3 nitrogen and oxygen atoms in total. The number of nitrogens with zero attached hydrogens (tertiary/aromatic N) is 2. The first kappa shape index (κ1) is 7.98. The molecule has 0 amide bonds. The van der Waals surface area contributed by atoms with Gasteiger partial charge in [0.1, 0.15) is 11.6 Å². The Labute approximate surface area is 76.0 Å². The quantitative estimate of drug-likeness (QED) is 0.690. The van der Waals surface area contributed by atoms with Crippen LogP contribution in [0.1, 0.15) is 12.7 Å². The van der Waals surface area contributed by atoms with E-state index in [9.17, 15) is 4.79 Å². The van der Waals surface area contributed by atoms with Crippen molar-refractivity contribution in [1.82, 2.24) is 9.38 Å². The summed E-state index contributed by atoms with van der Waals surface area (Å²) in [6.45, 7) is 1.57. The Kier molecular flexibility index (Phi) is 1.85. The highest BCUT2D eigenvalue weighted by Gasteiger charge is 2.04. The summed E-state index contributed by atoms with van der Waals surface area (Å²) in [4.78, 5) is 15.1. The van der Waals surface area contributed by atoms with E-state index in [1.165, 1.54) is 0 Å². The van der Waals surface area contributed by atoms with Gasteiger partial charge in [-0.25, -0.2) is 4.98 Å². The third-order valence-corrected chi connectivity index (χ3v) is 1.92. The highest BCUT2D eigenvalue weighted by Crippen LogP contribution is 2.06. The Morgan fingerprint density at radius 1 is 1.54 bits per heavy atom. The summed E-state index contributed by atoms with van der Waals surface area (Å²) in [5.41, 5.74) is 1.03. The minimum atomic E-state index is 0.136. The maximum atomic E-state index is 10.9. The zero-order valence-corrected chi connectivity index (χ0v) is 7.40. The maximum absolute atomic E-state index is 10.9. The van der Waals surface area contributed by atoms with Crippen molar-refractivity contribution in [2.24, 2.45) is 0 Å². The lowest BCUT2D eigenvalue weighted by atomic mass is 10.3. The number of hydrogen-bond acceptors (Lipinski definition) is 2. The number of fused-ring (bicyclic) bond motifs is 1. The Morgan fingerprint density at radius 2 is 2.38 bits per heavy atom. The summed E-state index contributed by atoms with van der Waals surface area (Å²) >= 11 is 0. The second kappa shape index (κ2) is 3.01. The lowest BCUT2D eigenvalue weighted by Gasteiger charge is -1.96. The molecule has 0 aliphatic carbocycles. The van der Waals surface area contributed by atoms with E-state index in [1.807, 2.05) is 28.8 Å². The molecule has 0 saturated carbocycles. The Morgan fingerprint density at radius 3 is 3.15 bits per heavy atom. The minimum absolute atomic E-state index is 0.136. The van der Waals surface area contributed by atoms with Crippen LogP contribution in [0.2, 0.25) is 0 Å². The van der Waals surface area contributed by atoms with Gasteiger partial charge in [0.05, 0.1) is 18.1 Å². The molecule has 2 aromatic heterocycles. The fourth-order valence-corrected chi connectivity index (χ4v) is 1.35. The third-order valence-electron chi connectivity index (χ3n) is 1.92. The van der Waals surface area contributed by atoms with Crippen molar-refractivity contribution in [3.8, 4) is 0 Å². The van der Waals surface area contributed by atoms with Crippen LogP contribution in [-0.4, -0.2) is 15.2 Å². The molecule has 0 atom stereocenters. The summed E-state index contributed by atoms with van der Waals surface area (Å²) in [6.07, 6.45) is 4.09. The highest BCUT2D eigenvalue weighted by atomic mass is 16.1. The van der Waals surface area contributed by atoms with Crippen molar-refractivity contribution in [3.63, 3.8) is 0 Å². The molecule has 2 aromatic rings. The SMILES string of the molecule is CC(=O)Cc1ncc2ccccn12. The monoisotopic (exact) mass is 174 g/mol. The van der Waals surface area contributed by atoms with Gasteiger partial charge in [-0.2, -0.15) is 0 Å². The Bertz CT molecular complexity index is 445. The van der Waals surface area contributed by atoms with E-state index in [1.54, 1.807) is 13.1 Å². The van der Waals surface area contributed by atoms with Gasteiger partial charge >= 0.3 is 0 Å². The molecule has 0 unspecified atom stereocenters. The van der Waals surface area contributed by atoms with Crippen LogP contribution >= 0.6 is 0 Å². The van der Waals surface area contributed by atoms with Crippen LogP contribution in [0.5, 0.6) is 0 Å². The predicted molar refractivity (Wildman–Crippen MR) is 49.6 cm³/mol. The molecule has 0 N–H and O–H groups in total. The van der Waals surface area contributed by atoms with Crippen molar-refractivity contribution in [2.45, 2.75) is 13.3 Å². The molecule has 2 rings (SSSR count). The van der Waals surface area contributed by atoms with E-state index in [-0.39, 0.29) is 5.78 Å². The van der Waals surface area contributed by atoms with Crippen LogP contribution in [0.25, 0.3) is 5.52 Å². The first-order chi connectivity index (χ1) is 6.27. The Hall–Kier alpha value is -1.64. The van der Waals surface area contributed by atoms with E-state index in [4.69, 9.17) is 0 Å². The van der Waals surface area contributed by atoms with Crippen LogP contribution in [0.4, 0.5) is 0 Å². The molecule has 0 aliphatic rings. The van der Waals surface area contributed by atoms with E-state index in [0.29, 0.717) is 6.42 Å². The molecule has 0 spiro atoms. The average molecular weight is 174 g/mol. The number of imidazole rings is 1. The highest BCUT2D eigenvalue weighted by molar-refractivity contribution is 5.77. The first-order valence-corrected chi connectivity index (χ1v) is 4.18. The molecule has 0 fully saturated rings. The van der Waals surface area contributed by atoms with Crippen LogP contribution in [-0.2, 0) is 11.2 Å². The van der Waals surface area contributed by atoms with E-state index < -0.39 is 0 Å². The van der Waals surface area contributed by atoms with Crippen molar-refractivity contribution in [3.05, 3.63) is 36.4 Å². The van der Waals surface area contributed by atoms with Gasteiger partial charge in [0.25, 0.3) is 0 Å². The molecule has 3 heteroatoms. The van der Waals surface area contributed by atoms with Crippen molar-refractivity contribution in [1.29, 1.82) is 0 Å². The summed E-state index contributed by atoms with van der Waals surface area (Å²) < 4.78 is 1.93. The molecule has 0 bridgehead atoms. The van der Waals surface area contributed by atoms with Gasteiger partial charge in [-0.1, -0.05) is 6.07 Å². The fourth-order valence-electron chi connectivity index (χ4n) is 1.35. The van der Waals surface area contributed by atoms with Crippen LogP contribution in [0.15, 0.2) is 30.6 Å². The van der Waals surface area contributed by atoms with E-state index in [2.05, 4.69) is 4.98 Å². The number of ketones is 1. The van der Waals surface area contributed by atoms with Crippen molar-refractivity contribution < 1.29 is 4.79 Å². The van der Waals surface area contributed by atoms with Gasteiger partial charge in [0.2, 0.25) is 0 Å². The molecule has 13 heavy (non-hydrogen) atoms. The number of aromatic nitrogens is 2. The fraction of sp³-hybridized carbons (Fsp3) is 0.200. The van der Waals surface area contributed by atoms with E-state index in [0.717, 1.165) is 11.3 Å². The topological polar surface area (TPSA) is 34.4 Å². The molecule has 0 saturated heterocycles. The summed E-state index contributed by atoms with van der Waals surface area (Å²) in [5.74, 6) is 0.944. The predicted octanol–water partition coefficient (Wildman–Crippen LogP) is 1.47. The second-order valence-corrected chi connectivity index (χ2v) is 3.05. The number of hydrogen-bond donors (Lipinski definition) is 0. The molecular weight excluding hydrogens is 164 g/mol. The van der Waals surface area contributed by atoms with Crippen LogP contribution < -0.4 is 0 Å². The molecule has 0 aromatic carbocycles. The van der Waals surface area contributed by atoms with Crippen LogP contribution in [0, 0.1) is 0 Å². The molecule has 0 aliphatic heterocycles. The largest absolute Gasteiger partial charge is 0.303 e. The maximum Gasteiger partial charge on any atom is 0.137 e. The summed E-state index contributed by atoms with van der Waals surface area (Å²) in [7, 11) is 0. The summed E-state index contributed by atoms with van der Waals surface area (Å²) in [5, 5.41) is 0. The first-order valence-electron chi connectivity index (χ1n) is 4.18. The second-order valence-electron chi connectivity index (χ2n) is 3.05.